The van der Waals surface area contributed by atoms with E-state index >= 15 is 0 Å². The molecule has 6 heteroatoms. The molecule has 1 N–H and O–H groups in total. The van der Waals surface area contributed by atoms with Crippen molar-refractivity contribution in [2.24, 2.45) is 7.05 Å². The first-order valence-electron chi connectivity index (χ1n) is 7.05. The van der Waals surface area contributed by atoms with Gasteiger partial charge in [-0.1, -0.05) is 0 Å². The Morgan fingerprint density at radius 2 is 2.35 bits per heavy atom. The first kappa shape index (κ1) is 15.0. The Morgan fingerprint density at radius 3 is 3.00 bits per heavy atom. The molecule has 2 heterocycles. The first-order valence-corrected chi connectivity index (χ1v) is 7.05. The van der Waals surface area contributed by atoms with E-state index in [4.69, 9.17) is 4.74 Å². The van der Waals surface area contributed by atoms with Gasteiger partial charge in [-0.05, 0) is 33.2 Å². The van der Waals surface area contributed by atoms with Crippen LogP contribution in [-0.2, 0) is 18.3 Å². The predicted octanol–water partition coefficient (Wildman–Crippen LogP) is 0.944. The van der Waals surface area contributed by atoms with E-state index in [-0.39, 0.29) is 5.97 Å². The Kier molecular flexibility index (Phi) is 4.45. The van der Waals surface area contributed by atoms with Crippen LogP contribution < -0.4 is 0 Å². The third kappa shape index (κ3) is 3.37. The van der Waals surface area contributed by atoms with Crippen LogP contribution in [0.1, 0.15) is 42.7 Å². The summed E-state index contributed by atoms with van der Waals surface area (Å²) in [5.41, 5.74) is 0.696. The maximum absolute atomic E-state index is 11.9. The van der Waals surface area contributed by atoms with Crippen LogP contribution in [0.25, 0.3) is 0 Å². The lowest BCUT2D eigenvalue weighted by Crippen LogP contribution is -2.45. The molecule has 0 aromatic carbocycles. The molecule has 6 nitrogen and oxygen atoms in total. The van der Waals surface area contributed by atoms with E-state index in [2.05, 4.69) is 10.00 Å². The summed E-state index contributed by atoms with van der Waals surface area (Å²) in [6.07, 6.45) is 3.33. The molecule has 1 aliphatic heterocycles. The highest BCUT2D eigenvalue weighted by atomic mass is 16.5. The number of esters is 1. The van der Waals surface area contributed by atoms with Crippen molar-refractivity contribution in [3.63, 3.8) is 0 Å². The van der Waals surface area contributed by atoms with E-state index in [1.54, 1.807) is 17.8 Å². The standard InChI is InChI=1S/C14H23N3O3/c1-4-20-13(18)11-8-15-16(3)12(11)9-17-7-5-6-14(2,19)10-17/h8,19H,4-7,9-10H2,1-3H3. The SMILES string of the molecule is CCOC(=O)c1cnn(C)c1CN1CCCC(C)(O)C1. The molecule has 0 aliphatic carbocycles. The smallest absolute Gasteiger partial charge is 0.341 e. The first-order chi connectivity index (χ1) is 9.43. The summed E-state index contributed by atoms with van der Waals surface area (Å²) >= 11 is 0. The third-order valence-electron chi connectivity index (χ3n) is 3.68. The predicted molar refractivity (Wildman–Crippen MR) is 74.3 cm³/mol. The van der Waals surface area contributed by atoms with Crippen molar-refractivity contribution in [1.82, 2.24) is 14.7 Å². The van der Waals surface area contributed by atoms with Crippen LogP contribution in [-0.4, -0.2) is 51.1 Å². The summed E-state index contributed by atoms with van der Waals surface area (Å²) in [4.78, 5) is 14.1. The number of ether oxygens (including phenoxy) is 1. The lowest BCUT2D eigenvalue weighted by Gasteiger charge is -2.36. The van der Waals surface area contributed by atoms with Crippen molar-refractivity contribution < 1.29 is 14.6 Å². The fourth-order valence-electron chi connectivity index (χ4n) is 2.70. The van der Waals surface area contributed by atoms with Crippen LogP contribution in [0.15, 0.2) is 6.20 Å². The largest absolute Gasteiger partial charge is 0.462 e. The van der Waals surface area contributed by atoms with Crippen LogP contribution in [0.5, 0.6) is 0 Å². The number of likely N-dealkylation sites (tertiary alicyclic amines) is 1. The van der Waals surface area contributed by atoms with Gasteiger partial charge in [0.2, 0.25) is 0 Å². The van der Waals surface area contributed by atoms with Crippen LogP contribution in [0.2, 0.25) is 0 Å². The zero-order valence-electron chi connectivity index (χ0n) is 12.4. The Morgan fingerprint density at radius 1 is 1.60 bits per heavy atom. The lowest BCUT2D eigenvalue weighted by atomic mass is 9.95. The number of hydrogen-bond acceptors (Lipinski definition) is 5. The van der Waals surface area contributed by atoms with Crippen LogP contribution >= 0.6 is 0 Å². The maximum Gasteiger partial charge on any atom is 0.341 e. The molecule has 20 heavy (non-hydrogen) atoms. The third-order valence-corrected chi connectivity index (χ3v) is 3.68. The Bertz CT molecular complexity index is 482. The topological polar surface area (TPSA) is 67.6 Å². The van der Waals surface area contributed by atoms with Gasteiger partial charge >= 0.3 is 5.97 Å². The van der Waals surface area contributed by atoms with Crippen molar-refractivity contribution >= 4 is 5.97 Å². The number of hydrogen-bond donors (Lipinski definition) is 1. The molecule has 1 aliphatic rings. The summed E-state index contributed by atoms with van der Waals surface area (Å²) in [6, 6.07) is 0. The molecule has 0 saturated carbocycles. The van der Waals surface area contributed by atoms with Crippen LogP contribution in [0, 0.1) is 0 Å². The normalized spacial score (nSPS) is 23.8. The number of aliphatic hydroxyl groups is 1. The lowest BCUT2D eigenvalue weighted by molar-refractivity contribution is -0.0188. The molecule has 1 atom stereocenters. The molecule has 0 amide bonds. The van der Waals surface area contributed by atoms with E-state index in [9.17, 15) is 9.90 Å². The van der Waals surface area contributed by atoms with Gasteiger partial charge in [0, 0.05) is 20.1 Å². The molecular formula is C14H23N3O3. The summed E-state index contributed by atoms with van der Waals surface area (Å²) in [6.45, 7) is 6.13. The Labute approximate surface area is 119 Å². The molecule has 0 radical (unpaired) electrons. The number of β-amino-alcohol motifs (C(OH)–C–C–N with tert-alkyl or cyclic N) is 1. The van der Waals surface area contributed by atoms with E-state index in [1.165, 1.54) is 0 Å². The minimum Gasteiger partial charge on any atom is -0.462 e. The van der Waals surface area contributed by atoms with Gasteiger partial charge in [-0.15, -0.1) is 0 Å². The number of aryl methyl sites for hydroxylation is 1. The summed E-state index contributed by atoms with van der Waals surface area (Å²) in [5.74, 6) is -0.334. The molecule has 112 valence electrons. The molecule has 0 bridgehead atoms. The number of aromatic nitrogens is 2. The maximum atomic E-state index is 11.9. The quantitative estimate of drug-likeness (QED) is 0.832. The summed E-state index contributed by atoms with van der Waals surface area (Å²) < 4.78 is 6.76. The van der Waals surface area contributed by atoms with Gasteiger partial charge < -0.3 is 9.84 Å². The molecule has 0 spiro atoms. The number of nitrogens with zero attached hydrogens (tertiary/aromatic N) is 3. The van der Waals surface area contributed by atoms with Crippen molar-refractivity contribution in [3.05, 3.63) is 17.5 Å². The fourth-order valence-corrected chi connectivity index (χ4v) is 2.70. The highest BCUT2D eigenvalue weighted by Gasteiger charge is 2.29. The highest BCUT2D eigenvalue weighted by Crippen LogP contribution is 2.22. The number of carbonyl (C=O) groups is 1. The second kappa shape index (κ2) is 5.93. The highest BCUT2D eigenvalue weighted by molar-refractivity contribution is 5.90. The Balaban J connectivity index is 2.12. The minimum absolute atomic E-state index is 0.334. The van der Waals surface area contributed by atoms with Gasteiger partial charge in [0.05, 0.1) is 24.1 Å². The summed E-state index contributed by atoms with van der Waals surface area (Å²) in [5, 5.41) is 14.3. The van der Waals surface area contributed by atoms with Crippen molar-refractivity contribution in [3.8, 4) is 0 Å². The van der Waals surface area contributed by atoms with Gasteiger partial charge in [-0.3, -0.25) is 9.58 Å². The van der Waals surface area contributed by atoms with Gasteiger partial charge in [0.1, 0.15) is 5.56 Å². The van der Waals surface area contributed by atoms with Gasteiger partial charge in [0.25, 0.3) is 0 Å². The molecule has 1 saturated heterocycles. The molecule has 1 aromatic heterocycles. The van der Waals surface area contributed by atoms with Crippen LogP contribution in [0.4, 0.5) is 0 Å². The molecule has 1 unspecified atom stereocenters. The molecule has 2 rings (SSSR count). The number of carbonyl (C=O) groups excluding carboxylic acids is 1. The second-order valence-electron chi connectivity index (χ2n) is 5.66. The van der Waals surface area contributed by atoms with E-state index in [0.717, 1.165) is 25.1 Å². The zero-order valence-corrected chi connectivity index (χ0v) is 12.4. The number of rotatable bonds is 4. The second-order valence-corrected chi connectivity index (χ2v) is 5.66. The average Bonchev–Trinajstić information content (AvgIpc) is 2.70. The van der Waals surface area contributed by atoms with E-state index < -0.39 is 5.60 Å². The Hall–Kier alpha value is -1.40. The monoisotopic (exact) mass is 281 g/mol. The number of piperidine rings is 1. The van der Waals surface area contributed by atoms with Gasteiger partial charge in [-0.25, -0.2) is 4.79 Å². The van der Waals surface area contributed by atoms with E-state index in [1.807, 2.05) is 14.0 Å². The molecule has 1 fully saturated rings. The summed E-state index contributed by atoms with van der Waals surface area (Å²) in [7, 11) is 1.82. The average molecular weight is 281 g/mol. The van der Waals surface area contributed by atoms with Gasteiger partial charge in [-0.2, -0.15) is 5.10 Å². The van der Waals surface area contributed by atoms with Gasteiger partial charge in [0.15, 0.2) is 0 Å². The van der Waals surface area contributed by atoms with Crippen molar-refractivity contribution in [2.75, 3.05) is 19.7 Å². The van der Waals surface area contributed by atoms with Crippen molar-refractivity contribution in [1.29, 1.82) is 0 Å². The van der Waals surface area contributed by atoms with E-state index in [0.29, 0.717) is 25.3 Å². The fraction of sp³-hybridized carbons (Fsp3) is 0.714. The minimum atomic E-state index is -0.652. The van der Waals surface area contributed by atoms with Crippen LogP contribution in [0.3, 0.4) is 0 Å². The van der Waals surface area contributed by atoms with Crippen molar-refractivity contribution in [2.45, 2.75) is 38.8 Å². The zero-order chi connectivity index (χ0) is 14.8. The molecule has 1 aromatic rings. The molecular weight excluding hydrogens is 258 g/mol.